The molecular formula is C9H9BrKNO4S. The summed E-state index contributed by atoms with van der Waals surface area (Å²) < 4.78 is 23.7. The number of hydrogen-bond donors (Lipinski definition) is 0. The Kier molecular flexibility index (Phi) is 7.61. The summed E-state index contributed by atoms with van der Waals surface area (Å²) >= 11 is 2.97. The average Bonchev–Trinajstić information content (AvgIpc) is 2.16. The molecule has 0 spiro atoms. The van der Waals surface area contributed by atoms with Crippen molar-refractivity contribution in [1.82, 2.24) is 4.98 Å². The molecule has 0 aliphatic rings. The molecule has 0 saturated heterocycles. The molecule has 0 aliphatic carbocycles. The molecular weight excluding hydrogens is 337 g/mol. The van der Waals surface area contributed by atoms with Gasteiger partial charge in [0.25, 0.3) is 0 Å². The van der Waals surface area contributed by atoms with Gasteiger partial charge in [0.15, 0.2) is 9.84 Å². The smallest absolute Gasteiger partial charge is 0.543 e. The Morgan fingerprint density at radius 2 is 2.06 bits per heavy atom. The van der Waals surface area contributed by atoms with Crippen LogP contribution in [-0.2, 0) is 9.84 Å². The summed E-state index contributed by atoms with van der Waals surface area (Å²) in [6, 6.07) is 2.60. The van der Waals surface area contributed by atoms with Crippen LogP contribution in [0.15, 0.2) is 21.6 Å². The molecule has 0 aliphatic heterocycles. The Morgan fingerprint density at radius 1 is 1.47 bits per heavy atom. The summed E-state index contributed by atoms with van der Waals surface area (Å²) in [5.74, 6) is -1.72. The first-order valence-corrected chi connectivity index (χ1v) is 6.93. The number of aromatic nitrogens is 1. The predicted molar refractivity (Wildman–Crippen MR) is 58.6 cm³/mol. The van der Waals surface area contributed by atoms with Crippen molar-refractivity contribution in [1.29, 1.82) is 0 Å². The molecule has 0 N–H and O–H groups in total. The number of carboxylic acids is 1. The Labute approximate surface area is 150 Å². The van der Waals surface area contributed by atoms with Crippen LogP contribution < -0.4 is 56.5 Å². The third-order valence-electron chi connectivity index (χ3n) is 1.83. The van der Waals surface area contributed by atoms with Crippen molar-refractivity contribution < 1.29 is 69.7 Å². The second-order valence-electron chi connectivity index (χ2n) is 3.09. The normalized spacial score (nSPS) is 10.7. The summed E-state index contributed by atoms with van der Waals surface area (Å²) in [7, 11) is -3.61. The number of sulfone groups is 1. The summed E-state index contributed by atoms with van der Waals surface area (Å²) in [4.78, 5) is 14.1. The molecule has 0 bridgehead atoms. The SMILES string of the molecule is CCCS(=O)(=O)c1ccc(Br)nc1C(=O)[O-].[K+]. The molecule has 1 rings (SSSR count). The minimum Gasteiger partial charge on any atom is -0.543 e. The van der Waals surface area contributed by atoms with Crippen molar-refractivity contribution in [2.45, 2.75) is 18.2 Å². The van der Waals surface area contributed by atoms with E-state index in [1.54, 1.807) is 6.92 Å². The Morgan fingerprint density at radius 3 is 2.53 bits per heavy atom. The summed E-state index contributed by atoms with van der Waals surface area (Å²) in [5.41, 5.74) is -0.553. The number of carbonyl (C=O) groups excluding carboxylic acids is 1. The zero-order valence-corrected chi connectivity index (χ0v) is 15.0. The largest absolute Gasteiger partial charge is 1.00 e. The van der Waals surface area contributed by atoms with Gasteiger partial charge in [0.1, 0.15) is 10.3 Å². The summed E-state index contributed by atoms with van der Waals surface area (Å²) in [6.45, 7) is 1.70. The molecule has 0 saturated carbocycles. The molecule has 1 aromatic heterocycles. The van der Waals surface area contributed by atoms with E-state index in [2.05, 4.69) is 20.9 Å². The van der Waals surface area contributed by atoms with Crippen molar-refractivity contribution >= 4 is 31.7 Å². The number of aromatic carboxylic acids is 1. The van der Waals surface area contributed by atoms with Gasteiger partial charge in [0, 0.05) is 0 Å². The molecule has 1 aromatic rings. The van der Waals surface area contributed by atoms with Crippen molar-refractivity contribution in [3.05, 3.63) is 22.4 Å². The Bertz CT molecular complexity index is 518. The fraction of sp³-hybridized carbons (Fsp3) is 0.333. The maximum atomic E-state index is 11.7. The zero-order valence-electron chi connectivity index (χ0n) is 9.44. The van der Waals surface area contributed by atoms with E-state index in [1.165, 1.54) is 12.1 Å². The second-order valence-corrected chi connectivity index (χ2v) is 5.98. The number of rotatable bonds is 4. The molecule has 0 aromatic carbocycles. The van der Waals surface area contributed by atoms with Gasteiger partial charge in [-0.1, -0.05) is 6.92 Å². The van der Waals surface area contributed by atoms with Crippen molar-refractivity contribution in [2.75, 3.05) is 5.75 Å². The minimum absolute atomic E-state index is 0. The molecule has 0 unspecified atom stereocenters. The van der Waals surface area contributed by atoms with Crippen LogP contribution in [0.25, 0.3) is 0 Å². The third kappa shape index (κ3) is 4.70. The van der Waals surface area contributed by atoms with Crippen LogP contribution in [0, 0.1) is 0 Å². The number of halogens is 1. The number of carboxylic acid groups (broad SMARTS) is 1. The van der Waals surface area contributed by atoms with Crippen LogP contribution in [0.5, 0.6) is 0 Å². The summed E-state index contributed by atoms with van der Waals surface area (Å²) in [6.07, 6.45) is 0.408. The Hall–Kier alpha value is 0.686. The molecule has 1 heterocycles. The Balaban J connectivity index is 0.00000256. The van der Waals surface area contributed by atoms with Crippen LogP contribution in [0.1, 0.15) is 23.8 Å². The van der Waals surface area contributed by atoms with Gasteiger partial charge < -0.3 is 9.90 Å². The van der Waals surface area contributed by atoms with Crippen LogP contribution in [0.4, 0.5) is 0 Å². The molecule has 5 nitrogen and oxygen atoms in total. The second kappa shape index (κ2) is 7.32. The van der Waals surface area contributed by atoms with E-state index in [0.29, 0.717) is 6.42 Å². The van der Waals surface area contributed by atoms with Crippen molar-refractivity contribution in [3.63, 3.8) is 0 Å². The monoisotopic (exact) mass is 345 g/mol. The third-order valence-corrected chi connectivity index (χ3v) is 4.21. The van der Waals surface area contributed by atoms with E-state index in [9.17, 15) is 18.3 Å². The van der Waals surface area contributed by atoms with Gasteiger partial charge in [-0.2, -0.15) is 0 Å². The van der Waals surface area contributed by atoms with Gasteiger partial charge >= 0.3 is 51.4 Å². The average molecular weight is 346 g/mol. The minimum atomic E-state index is -3.61. The molecule has 17 heavy (non-hydrogen) atoms. The summed E-state index contributed by atoms with van der Waals surface area (Å²) in [5, 5.41) is 10.8. The molecule has 0 atom stereocenters. The maximum absolute atomic E-state index is 11.7. The molecule has 0 amide bonds. The zero-order chi connectivity index (χ0) is 12.3. The van der Waals surface area contributed by atoms with Gasteiger partial charge in [0.2, 0.25) is 0 Å². The number of carbonyl (C=O) groups is 1. The fourth-order valence-electron chi connectivity index (χ4n) is 1.20. The topological polar surface area (TPSA) is 87.2 Å². The van der Waals surface area contributed by atoms with Crippen molar-refractivity contribution in [3.8, 4) is 0 Å². The standard InChI is InChI=1S/C9H10BrNO4S.K/c1-2-5-16(14,15)6-3-4-7(10)11-8(6)9(12)13;/h3-4H,2,5H2,1H3,(H,12,13);/q;+1/p-1. The first-order chi connectivity index (χ1) is 7.38. The van der Waals surface area contributed by atoms with Crippen LogP contribution in [-0.4, -0.2) is 25.1 Å². The van der Waals surface area contributed by atoms with Crippen molar-refractivity contribution in [2.24, 2.45) is 0 Å². The first-order valence-electron chi connectivity index (χ1n) is 4.49. The predicted octanol–water partition coefficient (Wildman–Crippen LogP) is -2.60. The van der Waals surface area contributed by atoms with E-state index in [0.717, 1.165) is 0 Å². The first kappa shape index (κ1) is 17.7. The quantitative estimate of drug-likeness (QED) is 0.441. The number of nitrogens with zero attached hydrogens (tertiary/aromatic N) is 1. The van der Waals surface area contributed by atoms with Gasteiger partial charge in [-0.05, 0) is 34.5 Å². The number of pyridine rings is 1. The van der Waals surface area contributed by atoms with Crippen LogP contribution in [0.3, 0.4) is 0 Å². The van der Waals surface area contributed by atoms with E-state index in [1.807, 2.05) is 0 Å². The van der Waals surface area contributed by atoms with Gasteiger partial charge in [-0.25, -0.2) is 13.4 Å². The van der Waals surface area contributed by atoms with E-state index in [-0.39, 0.29) is 66.6 Å². The van der Waals surface area contributed by atoms with Gasteiger partial charge in [-0.3, -0.25) is 0 Å². The van der Waals surface area contributed by atoms with E-state index < -0.39 is 21.5 Å². The molecule has 0 radical (unpaired) electrons. The molecule has 88 valence electrons. The van der Waals surface area contributed by atoms with Gasteiger partial charge in [-0.15, -0.1) is 0 Å². The fourth-order valence-corrected chi connectivity index (χ4v) is 2.96. The van der Waals surface area contributed by atoms with Gasteiger partial charge in [0.05, 0.1) is 16.6 Å². The van der Waals surface area contributed by atoms with Crippen LogP contribution >= 0.6 is 15.9 Å². The van der Waals surface area contributed by atoms with Crippen LogP contribution in [0.2, 0.25) is 0 Å². The van der Waals surface area contributed by atoms with E-state index in [4.69, 9.17) is 0 Å². The molecule has 0 fully saturated rings. The van der Waals surface area contributed by atoms with E-state index >= 15 is 0 Å². The maximum Gasteiger partial charge on any atom is 1.00 e. The number of hydrogen-bond acceptors (Lipinski definition) is 5. The molecule has 8 heteroatoms.